The van der Waals surface area contributed by atoms with Crippen LogP contribution in [0, 0.1) is 0 Å². The Balaban J connectivity index is 1.42. The molecule has 0 spiro atoms. The van der Waals surface area contributed by atoms with Crippen LogP contribution in [0.4, 0.5) is 0 Å². The molecule has 0 radical (unpaired) electrons. The van der Waals surface area contributed by atoms with Gasteiger partial charge in [0.2, 0.25) is 5.91 Å². The third-order valence-corrected chi connectivity index (χ3v) is 6.03. The summed E-state index contributed by atoms with van der Waals surface area (Å²) in [5.74, 6) is 0.160. The van der Waals surface area contributed by atoms with Crippen molar-refractivity contribution in [2.75, 3.05) is 6.54 Å². The first kappa shape index (κ1) is 17.8. The summed E-state index contributed by atoms with van der Waals surface area (Å²) < 4.78 is 3.88. The summed E-state index contributed by atoms with van der Waals surface area (Å²) in [4.78, 5) is 14.7. The maximum Gasteiger partial charge on any atom is 0.227 e. The van der Waals surface area contributed by atoms with Crippen LogP contribution in [0.1, 0.15) is 29.0 Å². The largest absolute Gasteiger partial charge is 0.335 e. The molecular formula is C19H22N6OS. The van der Waals surface area contributed by atoms with Crippen molar-refractivity contribution in [3.63, 3.8) is 0 Å². The van der Waals surface area contributed by atoms with Crippen LogP contribution in [0.15, 0.2) is 48.0 Å². The lowest BCUT2D eigenvalue weighted by atomic mass is 10.1. The second kappa shape index (κ2) is 7.56. The van der Waals surface area contributed by atoms with Gasteiger partial charge in [0.05, 0.1) is 25.2 Å². The molecule has 0 saturated carbocycles. The molecule has 0 N–H and O–H groups in total. The molecule has 0 fully saturated rings. The molecule has 0 bridgehead atoms. The van der Waals surface area contributed by atoms with Crippen LogP contribution in [0.25, 0.3) is 0 Å². The molecule has 1 amide bonds. The van der Waals surface area contributed by atoms with Crippen LogP contribution in [0.5, 0.6) is 0 Å². The van der Waals surface area contributed by atoms with E-state index >= 15 is 0 Å². The Morgan fingerprint density at radius 3 is 3.00 bits per heavy atom. The highest BCUT2D eigenvalue weighted by atomic mass is 32.2. The average molecular weight is 382 g/mol. The Morgan fingerprint density at radius 2 is 2.19 bits per heavy atom. The maximum absolute atomic E-state index is 12.8. The Morgan fingerprint density at radius 1 is 1.30 bits per heavy atom. The van der Waals surface area contributed by atoms with Crippen LogP contribution >= 0.6 is 11.8 Å². The second-order valence-corrected chi connectivity index (χ2v) is 8.08. The molecule has 2 aromatic heterocycles. The number of fused-ring (bicyclic) bond motifs is 1. The van der Waals surface area contributed by atoms with Crippen molar-refractivity contribution < 1.29 is 4.79 Å². The van der Waals surface area contributed by atoms with E-state index in [1.165, 1.54) is 5.56 Å². The van der Waals surface area contributed by atoms with Crippen molar-refractivity contribution in [2.24, 2.45) is 7.05 Å². The first-order valence-electron chi connectivity index (χ1n) is 8.98. The van der Waals surface area contributed by atoms with Crippen LogP contribution in [-0.4, -0.2) is 41.9 Å². The van der Waals surface area contributed by atoms with Gasteiger partial charge in [0.15, 0.2) is 5.16 Å². The number of rotatable bonds is 5. The number of hydrogen-bond donors (Lipinski definition) is 0. The van der Waals surface area contributed by atoms with Crippen molar-refractivity contribution >= 4 is 17.7 Å². The van der Waals surface area contributed by atoms with Gasteiger partial charge in [-0.15, -0.1) is 10.2 Å². The van der Waals surface area contributed by atoms with Gasteiger partial charge in [-0.25, -0.2) is 0 Å². The molecule has 140 valence electrons. The number of hydrogen-bond acceptors (Lipinski definition) is 5. The molecule has 4 rings (SSSR count). The van der Waals surface area contributed by atoms with Gasteiger partial charge in [0.25, 0.3) is 0 Å². The second-order valence-electron chi connectivity index (χ2n) is 6.77. The molecular weight excluding hydrogens is 360 g/mol. The van der Waals surface area contributed by atoms with Crippen molar-refractivity contribution in [3.05, 3.63) is 59.7 Å². The van der Waals surface area contributed by atoms with E-state index in [0.717, 1.165) is 23.0 Å². The molecule has 1 atom stereocenters. The van der Waals surface area contributed by atoms with Gasteiger partial charge in [-0.1, -0.05) is 36.0 Å². The van der Waals surface area contributed by atoms with Crippen molar-refractivity contribution in [3.8, 4) is 0 Å². The summed E-state index contributed by atoms with van der Waals surface area (Å²) in [6.45, 7) is 4.26. The highest BCUT2D eigenvalue weighted by Crippen LogP contribution is 2.33. The minimum absolute atomic E-state index is 0.160. The SMILES string of the molecule is C[C@H](Sc1nncn1C)c1cccc(CC(=O)N2CCn3nccc3C2)c1. The Hall–Kier alpha value is -2.61. The lowest BCUT2D eigenvalue weighted by molar-refractivity contribution is -0.132. The van der Waals surface area contributed by atoms with Gasteiger partial charge < -0.3 is 9.47 Å². The Labute approximate surface area is 162 Å². The van der Waals surface area contributed by atoms with Gasteiger partial charge in [-0.3, -0.25) is 9.48 Å². The predicted octanol–water partition coefficient (Wildman–Crippen LogP) is 2.45. The van der Waals surface area contributed by atoms with Crippen molar-refractivity contribution in [2.45, 2.75) is 36.8 Å². The summed E-state index contributed by atoms with van der Waals surface area (Å²) >= 11 is 1.66. The van der Waals surface area contributed by atoms with Crippen LogP contribution < -0.4 is 0 Å². The number of aryl methyl sites for hydroxylation is 1. The molecule has 8 heteroatoms. The lowest BCUT2D eigenvalue weighted by Crippen LogP contribution is -2.39. The molecule has 1 aliphatic rings. The number of carbonyl (C=O) groups excluding carboxylic acids is 1. The molecule has 0 unspecified atom stereocenters. The quantitative estimate of drug-likeness (QED) is 0.634. The normalized spacial score (nSPS) is 14.8. The van der Waals surface area contributed by atoms with E-state index < -0.39 is 0 Å². The monoisotopic (exact) mass is 382 g/mol. The van der Waals surface area contributed by atoms with Gasteiger partial charge in [0.1, 0.15) is 6.33 Å². The minimum atomic E-state index is 0.160. The Bertz CT molecular complexity index is 949. The zero-order chi connectivity index (χ0) is 18.8. The molecule has 7 nitrogen and oxygen atoms in total. The fourth-order valence-corrected chi connectivity index (χ4v) is 4.15. The molecule has 0 aliphatic carbocycles. The minimum Gasteiger partial charge on any atom is -0.335 e. The standard InChI is InChI=1S/C19H22N6OS/c1-14(27-19-22-20-13-23(19)2)16-5-3-4-15(10-16)11-18(26)24-8-9-25-17(12-24)6-7-21-25/h3-7,10,13-14H,8-9,11-12H2,1-2H3/t14-/m0/s1. The molecule has 1 aromatic carbocycles. The van der Waals surface area contributed by atoms with E-state index in [2.05, 4.69) is 34.4 Å². The predicted molar refractivity (Wildman–Crippen MR) is 103 cm³/mol. The Kier molecular flexibility index (Phi) is 4.98. The summed E-state index contributed by atoms with van der Waals surface area (Å²) in [7, 11) is 1.94. The number of amides is 1. The summed E-state index contributed by atoms with van der Waals surface area (Å²) in [5.41, 5.74) is 3.32. The van der Waals surface area contributed by atoms with Gasteiger partial charge in [-0.05, 0) is 24.1 Å². The number of aromatic nitrogens is 5. The molecule has 0 saturated heterocycles. The molecule has 27 heavy (non-hydrogen) atoms. The molecule has 1 aliphatic heterocycles. The zero-order valence-electron chi connectivity index (χ0n) is 15.4. The fourth-order valence-electron chi connectivity index (χ4n) is 3.25. The molecule has 3 aromatic rings. The summed E-state index contributed by atoms with van der Waals surface area (Å²) in [5, 5.41) is 13.4. The van der Waals surface area contributed by atoms with E-state index in [4.69, 9.17) is 0 Å². The van der Waals surface area contributed by atoms with Gasteiger partial charge in [0, 0.05) is 25.0 Å². The number of benzene rings is 1. The highest BCUT2D eigenvalue weighted by molar-refractivity contribution is 7.99. The van der Waals surface area contributed by atoms with Crippen LogP contribution in [0.2, 0.25) is 0 Å². The first-order valence-corrected chi connectivity index (χ1v) is 9.86. The lowest BCUT2D eigenvalue weighted by Gasteiger charge is -2.28. The summed E-state index contributed by atoms with van der Waals surface area (Å²) in [6, 6.07) is 10.2. The first-order chi connectivity index (χ1) is 13.1. The average Bonchev–Trinajstić information content (AvgIpc) is 3.30. The fraction of sp³-hybridized carbons (Fsp3) is 0.368. The number of nitrogens with zero attached hydrogens (tertiary/aromatic N) is 6. The number of carbonyl (C=O) groups is 1. The van der Waals surface area contributed by atoms with E-state index in [-0.39, 0.29) is 11.2 Å². The highest BCUT2D eigenvalue weighted by Gasteiger charge is 2.21. The third kappa shape index (κ3) is 3.90. The summed E-state index contributed by atoms with van der Waals surface area (Å²) in [6.07, 6.45) is 3.92. The topological polar surface area (TPSA) is 68.8 Å². The maximum atomic E-state index is 12.8. The van der Waals surface area contributed by atoms with E-state index in [9.17, 15) is 4.79 Å². The number of thioether (sulfide) groups is 1. The van der Waals surface area contributed by atoms with Gasteiger partial charge in [-0.2, -0.15) is 5.10 Å². The van der Waals surface area contributed by atoms with E-state index in [1.807, 2.05) is 39.4 Å². The zero-order valence-corrected chi connectivity index (χ0v) is 16.3. The van der Waals surface area contributed by atoms with Crippen LogP contribution in [-0.2, 0) is 31.4 Å². The molecule has 3 heterocycles. The van der Waals surface area contributed by atoms with Crippen molar-refractivity contribution in [1.82, 2.24) is 29.4 Å². The third-order valence-electron chi connectivity index (χ3n) is 4.82. The van der Waals surface area contributed by atoms with Crippen LogP contribution in [0.3, 0.4) is 0 Å². The van der Waals surface area contributed by atoms with E-state index in [0.29, 0.717) is 19.5 Å². The van der Waals surface area contributed by atoms with E-state index in [1.54, 1.807) is 24.3 Å². The van der Waals surface area contributed by atoms with Crippen molar-refractivity contribution in [1.29, 1.82) is 0 Å². The smallest absolute Gasteiger partial charge is 0.227 e. The van der Waals surface area contributed by atoms with Gasteiger partial charge >= 0.3 is 0 Å².